The van der Waals surface area contributed by atoms with Crippen LogP contribution in [0.4, 0.5) is 0 Å². The van der Waals surface area contributed by atoms with Crippen molar-refractivity contribution in [3.63, 3.8) is 0 Å². The Balaban J connectivity index is 2.23. The van der Waals surface area contributed by atoms with Crippen LogP contribution in [0.15, 0.2) is 36.5 Å². The van der Waals surface area contributed by atoms with Crippen LogP contribution in [0.2, 0.25) is 0 Å². The summed E-state index contributed by atoms with van der Waals surface area (Å²) in [7, 11) is 0. The molecule has 3 nitrogen and oxygen atoms in total. The zero-order valence-electron chi connectivity index (χ0n) is 15.1. The van der Waals surface area contributed by atoms with Gasteiger partial charge >= 0.3 is 5.97 Å². The summed E-state index contributed by atoms with van der Waals surface area (Å²) >= 11 is 0. The maximum atomic E-state index is 11.5. The van der Waals surface area contributed by atoms with Gasteiger partial charge in [-0.1, -0.05) is 62.6 Å². The minimum atomic E-state index is -0.688. The van der Waals surface area contributed by atoms with E-state index in [2.05, 4.69) is 25.7 Å². The fraction of sp³-hybridized carbons (Fsp3) is 0.667. The molecule has 3 heteroatoms. The molecule has 0 heterocycles. The molecular formula is C21H34O3. The number of aliphatic hydroxyl groups excluding tert-OH is 1. The van der Waals surface area contributed by atoms with E-state index in [-0.39, 0.29) is 17.9 Å². The summed E-state index contributed by atoms with van der Waals surface area (Å²) < 4.78 is 0. The second-order valence-electron chi connectivity index (χ2n) is 6.88. The number of aliphatic hydroxyl groups is 1. The second-order valence-corrected chi connectivity index (χ2v) is 6.88. The fourth-order valence-corrected chi connectivity index (χ4v) is 3.42. The Kier molecular flexibility index (Phi) is 10.4. The van der Waals surface area contributed by atoms with Crippen LogP contribution >= 0.6 is 0 Å². The topological polar surface area (TPSA) is 57.5 Å². The normalized spacial score (nSPS) is 20.9. The molecular weight excluding hydrogens is 300 g/mol. The van der Waals surface area contributed by atoms with E-state index in [4.69, 9.17) is 0 Å². The third kappa shape index (κ3) is 7.96. The molecule has 136 valence electrons. The van der Waals surface area contributed by atoms with Gasteiger partial charge in [-0.2, -0.15) is 0 Å². The Morgan fingerprint density at radius 2 is 2.08 bits per heavy atom. The van der Waals surface area contributed by atoms with Crippen LogP contribution in [-0.4, -0.2) is 22.3 Å². The number of carboxylic acids is 1. The van der Waals surface area contributed by atoms with E-state index < -0.39 is 5.97 Å². The summed E-state index contributed by atoms with van der Waals surface area (Å²) in [5.74, 6) is -0.818. The van der Waals surface area contributed by atoms with E-state index in [1.165, 1.54) is 12.8 Å². The highest BCUT2D eigenvalue weighted by Gasteiger charge is 2.32. The number of aliphatic carboxylic acids is 1. The lowest BCUT2D eigenvalue weighted by Crippen LogP contribution is -2.22. The molecule has 0 unspecified atom stereocenters. The first-order valence-electron chi connectivity index (χ1n) is 9.46. The molecule has 0 bridgehead atoms. The molecule has 0 aliphatic heterocycles. The van der Waals surface area contributed by atoms with Gasteiger partial charge in [-0.25, -0.2) is 0 Å². The molecule has 2 N–H and O–H groups in total. The third-order valence-electron chi connectivity index (χ3n) is 4.89. The van der Waals surface area contributed by atoms with Crippen molar-refractivity contribution in [2.45, 2.75) is 77.2 Å². The number of carbonyl (C=O) groups is 1. The van der Waals surface area contributed by atoms with E-state index in [9.17, 15) is 15.0 Å². The number of hydrogen-bond donors (Lipinski definition) is 2. The molecule has 1 aliphatic carbocycles. The molecule has 3 atom stereocenters. The molecule has 0 saturated heterocycles. The smallest absolute Gasteiger partial charge is 0.307 e. The highest BCUT2D eigenvalue weighted by atomic mass is 16.4. The van der Waals surface area contributed by atoms with Crippen molar-refractivity contribution in [2.75, 3.05) is 0 Å². The predicted octanol–water partition coefficient (Wildman–Crippen LogP) is 5.27. The summed E-state index contributed by atoms with van der Waals surface area (Å²) in [6.45, 7) is 6.19. The average molecular weight is 335 g/mol. The molecule has 1 saturated carbocycles. The van der Waals surface area contributed by atoms with Gasteiger partial charge in [-0.3, -0.25) is 4.79 Å². The fourth-order valence-electron chi connectivity index (χ4n) is 3.42. The quantitative estimate of drug-likeness (QED) is 0.378. The van der Waals surface area contributed by atoms with Crippen LogP contribution in [0.3, 0.4) is 0 Å². The van der Waals surface area contributed by atoms with Gasteiger partial charge in [0.15, 0.2) is 0 Å². The van der Waals surface area contributed by atoms with Crippen LogP contribution in [-0.2, 0) is 4.79 Å². The van der Waals surface area contributed by atoms with Crippen LogP contribution < -0.4 is 0 Å². The van der Waals surface area contributed by atoms with Crippen molar-refractivity contribution < 1.29 is 15.0 Å². The molecule has 0 aromatic carbocycles. The lowest BCUT2D eigenvalue weighted by atomic mass is 9.85. The average Bonchev–Trinajstić information content (AvgIpc) is 2.95. The Hall–Kier alpha value is -1.35. The van der Waals surface area contributed by atoms with Crippen LogP contribution in [0.25, 0.3) is 0 Å². The minimum absolute atomic E-state index is 0.161. The van der Waals surface area contributed by atoms with Crippen LogP contribution in [0, 0.1) is 11.8 Å². The second kappa shape index (κ2) is 12.1. The molecule has 0 spiro atoms. The van der Waals surface area contributed by atoms with Gasteiger partial charge in [0.2, 0.25) is 0 Å². The molecule has 0 aromatic rings. The maximum absolute atomic E-state index is 11.5. The van der Waals surface area contributed by atoms with E-state index in [0.717, 1.165) is 50.5 Å². The van der Waals surface area contributed by atoms with Gasteiger partial charge in [-0.15, -0.1) is 0 Å². The van der Waals surface area contributed by atoms with Gasteiger partial charge < -0.3 is 10.2 Å². The van der Waals surface area contributed by atoms with Gasteiger partial charge in [0.05, 0.1) is 12.0 Å². The lowest BCUT2D eigenvalue weighted by molar-refractivity contribution is -0.143. The summed E-state index contributed by atoms with van der Waals surface area (Å²) in [6, 6.07) is 0. The standard InChI is InChI=1S/C21H34O3/c1-3-4-8-13-18(22)14-9-6-5-7-10-15-20(21(23)24)19-16-11-12-17(19)2/h5,7,9,14,18-20,22H,2-4,6,8,10-13,15-16H2,1H3,(H,23,24)/b7-5+,14-9-/t18-,19-,20-/m0/s1. The zero-order valence-corrected chi connectivity index (χ0v) is 15.1. The van der Waals surface area contributed by atoms with Crippen molar-refractivity contribution in [3.05, 3.63) is 36.5 Å². The molecule has 1 aliphatic rings. The van der Waals surface area contributed by atoms with E-state index >= 15 is 0 Å². The Bertz CT molecular complexity index is 436. The van der Waals surface area contributed by atoms with Gasteiger partial charge in [0.25, 0.3) is 0 Å². The van der Waals surface area contributed by atoms with Crippen molar-refractivity contribution >= 4 is 5.97 Å². The first-order valence-corrected chi connectivity index (χ1v) is 9.46. The monoisotopic (exact) mass is 334 g/mol. The van der Waals surface area contributed by atoms with Crippen molar-refractivity contribution in [3.8, 4) is 0 Å². The number of unbranched alkanes of at least 4 members (excludes halogenated alkanes) is 2. The highest BCUT2D eigenvalue weighted by Crippen LogP contribution is 2.37. The molecule has 1 rings (SSSR count). The lowest BCUT2D eigenvalue weighted by Gasteiger charge is -2.19. The largest absolute Gasteiger partial charge is 0.481 e. The molecule has 24 heavy (non-hydrogen) atoms. The minimum Gasteiger partial charge on any atom is -0.481 e. The molecule has 0 aromatic heterocycles. The van der Waals surface area contributed by atoms with E-state index in [1.54, 1.807) is 0 Å². The summed E-state index contributed by atoms with van der Waals surface area (Å²) in [5.41, 5.74) is 1.12. The summed E-state index contributed by atoms with van der Waals surface area (Å²) in [5, 5.41) is 19.2. The predicted molar refractivity (Wildman–Crippen MR) is 99.9 cm³/mol. The summed E-state index contributed by atoms with van der Waals surface area (Å²) in [6.07, 6.45) is 17.2. The Morgan fingerprint density at radius 3 is 2.71 bits per heavy atom. The Labute approximate surface area is 147 Å². The first kappa shape index (κ1) is 20.7. The Morgan fingerprint density at radius 1 is 1.29 bits per heavy atom. The maximum Gasteiger partial charge on any atom is 0.307 e. The SMILES string of the molecule is C=C1CCC[C@@H]1[C@H](CC/C=C/C/C=C\[C@@H](O)CCCCC)C(=O)O. The summed E-state index contributed by atoms with van der Waals surface area (Å²) in [4.78, 5) is 11.5. The third-order valence-corrected chi connectivity index (χ3v) is 4.89. The van der Waals surface area contributed by atoms with Gasteiger partial charge in [0.1, 0.15) is 0 Å². The van der Waals surface area contributed by atoms with Crippen molar-refractivity contribution in [1.29, 1.82) is 0 Å². The number of rotatable bonds is 12. The molecule has 0 amide bonds. The van der Waals surface area contributed by atoms with Crippen molar-refractivity contribution in [1.82, 2.24) is 0 Å². The van der Waals surface area contributed by atoms with E-state index in [1.807, 2.05) is 12.2 Å². The van der Waals surface area contributed by atoms with Gasteiger partial charge in [0, 0.05) is 0 Å². The van der Waals surface area contributed by atoms with Crippen LogP contribution in [0.1, 0.15) is 71.1 Å². The van der Waals surface area contributed by atoms with Crippen LogP contribution in [0.5, 0.6) is 0 Å². The highest BCUT2D eigenvalue weighted by molar-refractivity contribution is 5.71. The zero-order chi connectivity index (χ0) is 17.8. The van der Waals surface area contributed by atoms with Gasteiger partial charge in [-0.05, 0) is 50.9 Å². The first-order chi connectivity index (χ1) is 11.6. The van der Waals surface area contributed by atoms with E-state index in [0.29, 0.717) is 6.42 Å². The number of carboxylic acid groups (broad SMARTS) is 1. The molecule has 1 fully saturated rings. The van der Waals surface area contributed by atoms with Crippen molar-refractivity contribution in [2.24, 2.45) is 11.8 Å². The molecule has 0 radical (unpaired) electrons. The number of hydrogen-bond acceptors (Lipinski definition) is 2. The number of allylic oxidation sites excluding steroid dienone is 4.